The van der Waals surface area contributed by atoms with E-state index in [1.54, 1.807) is 23.5 Å². The van der Waals surface area contributed by atoms with E-state index in [-0.39, 0.29) is 17.5 Å². The van der Waals surface area contributed by atoms with Crippen molar-refractivity contribution in [1.82, 2.24) is 20.3 Å². The summed E-state index contributed by atoms with van der Waals surface area (Å²) in [5.74, 6) is -0.0713. The summed E-state index contributed by atoms with van der Waals surface area (Å²) in [5.41, 5.74) is 1.71. The van der Waals surface area contributed by atoms with E-state index in [1.807, 2.05) is 25.1 Å². The molecular formula is C19H20N4O2S. The minimum absolute atomic E-state index is 0.0713. The maximum Gasteiger partial charge on any atom is 0.277 e. The second-order valence-corrected chi connectivity index (χ2v) is 7.72. The number of carbonyl (C=O) groups excluding carboxylic acids is 1. The maximum absolute atomic E-state index is 12.6. The van der Waals surface area contributed by atoms with Gasteiger partial charge < -0.3 is 5.32 Å². The van der Waals surface area contributed by atoms with Gasteiger partial charge in [-0.3, -0.25) is 9.59 Å². The number of nitrogens with zero attached hydrogens (tertiary/aromatic N) is 3. The molecule has 6 nitrogen and oxygen atoms in total. The van der Waals surface area contributed by atoms with Crippen molar-refractivity contribution in [2.45, 2.75) is 45.2 Å². The molecule has 1 atom stereocenters. The third-order valence-electron chi connectivity index (χ3n) is 4.82. The van der Waals surface area contributed by atoms with Crippen LogP contribution in [0.5, 0.6) is 0 Å². The number of carbonyl (C=O) groups is 1. The molecular weight excluding hydrogens is 348 g/mol. The molecule has 134 valence electrons. The average Bonchev–Trinajstić information content (AvgIpc) is 3.25. The zero-order valence-electron chi connectivity index (χ0n) is 14.6. The fraction of sp³-hybridized carbons (Fsp3) is 0.368. The first-order chi connectivity index (χ1) is 12.7. The van der Waals surface area contributed by atoms with Gasteiger partial charge in [-0.25, -0.2) is 4.68 Å². The molecule has 0 radical (unpaired) electrons. The van der Waals surface area contributed by atoms with Gasteiger partial charge in [-0.15, -0.1) is 16.4 Å². The van der Waals surface area contributed by atoms with E-state index in [9.17, 15) is 9.59 Å². The van der Waals surface area contributed by atoms with E-state index in [4.69, 9.17) is 0 Å². The molecule has 0 saturated carbocycles. The average molecular weight is 368 g/mol. The summed E-state index contributed by atoms with van der Waals surface area (Å²) in [4.78, 5) is 27.3. The summed E-state index contributed by atoms with van der Waals surface area (Å²) >= 11 is 1.59. The van der Waals surface area contributed by atoms with Gasteiger partial charge in [0.1, 0.15) is 5.52 Å². The van der Waals surface area contributed by atoms with Gasteiger partial charge in [0.2, 0.25) is 0 Å². The Morgan fingerprint density at radius 2 is 2.19 bits per heavy atom. The van der Waals surface area contributed by atoms with Gasteiger partial charge in [0.15, 0.2) is 0 Å². The molecule has 2 heterocycles. The molecule has 0 bridgehead atoms. The normalized spacial score (nSPS) is 14.3. The number of hydrogen-bond acceptors (Lipinski definition) is 5. The molecule has 0 spiro atoms. The Morgan fingerprint density at radius 3 is 3.00 bits per heavy atom. The molecule has 1 amide bonds. The van der Waals surface area contributed by atoms with E-state index in [1.165, 1.54) is 21.5 Å². The number of fused-ring (bicyclic) bond motifs is 2. The number of aromatic nitrogens is 3. The molecule has 0 saturated heterocycles. The Labute approximate surface area is 154 Å². The summed E-state index contributed by atoms with van der Waals surface area (Å²) in [5, 5.41) is 11.7. The van der Waals surface area contributed by atoms with E-state index in [0.29, 0.717) is 23.9 Å². The molecule has 1 aromatic carbocycles. The highest BCUT2D eigenvalue weighted by atomic mass is 32.1. The van der Waals surface area contributed by atoms with Crippen molar-refractivity contribution in [1.29, 1.82) is 0 Å². The molecule has 3 aromatic rings. The molecule has 7 heteroatoms. The number of nitrogens with one attached hydrogen (secondary N) is 1. The lowest BCUT2D eigenvalue weighted by atomic mass is 10.2. The molecule has 1 aliphatic rings. The monoisotopic (exact) mass is 368 g/mol. The molecule has 0 aliphatic heterocycles. The van der Waals surface area contributed by atoms with Crippen molar-refractivity contribution in [2.24, 2.45) is 0 Å². The standard InChI is InChI=1S/C19H20N4O2S/c1-2-13(20-18(24)17-10-12-6-5-9-16(12)26-17)11-23-19(25)14-7-3-4-8-15(14)21-22-23/h3-4,7-8,10,13H,2,5-6,9,11H2,1H3,(H,20,24)/t13-/m1/s1. The minimum Gasteiger partial charge on any atom is -0.347 e. The van der Waals surface area contributed by atoms with Gasteiger partial charge in [0.25, 0.3) is 11.5 Å². The fourth-order valence-corrected chi connectivity index (χ4v) is 4.48. The predicted molar refractivity (Wildman–Crippen MR) is 102 cm³/mol. The number of rotatable bonds is 5. The summed E-state index contributed by atoms with van der Waals surface area (Å²) in [6.07, 6.45) is 4.03. The van der Waals surface area contributed by atoms with E-state index >= 15 is 0 Å². The van der Waals surface area contributed by atoms with Crippen LogP contribution >= 0.6 is 11.3 Å². The van der Waals surface area contributed by atoms with Crippen LogP contribution in [0.15, 0.2) is 35.1 Å². The molecule has 0 unspecified atom stereocenters. The maximum atomic E-state index is 12.6. The topological polar surface area (TPSA) is 76.9 Å². The van der Waals surface area contributed by atoms with Crippen LogP contribution in [0.1, 0.15) is 39.9 Å². The third kappa shape index (κ3) is 3.14. The van der Waals surface area contributed by atoms with Gasteiger partial charge in [-0.2, -0.15) is 0 Å². The number of benzene rings is 1. The van der Waals surface area contributed by atoms with Crippen LogP contribution in [0.2, 0.25) is 0 Å². The van der Waals surface area contributed by atoms with Crippen LogP contribution in [0, 0.1) is 0 Å². The van der Waals surface area contributed by atoms with Crippen molar-refractivity contribution in [2.75, 3.05) is 0 Å². The Kier molecular flexibility index (Phi) is 4.55. The Morgan fingerprint density at radius 1 is 1.35 bits per heavy atom. The first kappa shape index (κ1) is 16.9. The summed E-state index contributed by atoms with van der Waals surface area (Å²) in [6, 6.07) is 8.99. The molecule has 26 heavy (non-hydrogen) atoms. The Hall–Kier alpha value is -2.54. The lowest BCUT2D eigenvalue weighted by molar-refractivity contribution is 0.0934. The Balaban J connectivity index is 1.51. The number of thiophene rings is 1. The highest BCUT2D eigenvalue weighted by molar-refractivity contribution is 7.14. The van der Waals surface area contributed by atoms with Crippen LogP contribution in [-0.2, 0) is 19.4 Å². The van der Waals surface area contributed by atoms with Gasteiger partial charge in [0, 0.05) is 10.9 Å². The van der Waals surface area contributed by atoms with Gasteiger partial charge in [-0.05, 0) is 49.4 Å². The van der Waals surface area contributed by atoms with E-state index in [0.717, 1.165) is 17.7 Å². The van der Waals surface area contributed by atoms with Gasteiger partial charge in [-0.1, -0.05) is 24.3 Å². The second-order valence-electron chi connectivity index (χ2n) is 6.59. The molecule has 1 N–H and O–H groups in total. The number of aryl methyl sites for hydroxylation is 2. The quantitative estimate of drug-likeness (QED) is 0.751. The largest absolute Gasteiger partial charge is 0.347 e. The highest BCUT2D eigenvalue weighted by Crippen LogP contribution is 2.30. The predicted octanol–water partition coefficient (Wildman–Crippen LogP) is 2.55. The molecule has 1 aliphatic carbocycles. The highest BCUT2D eigenvalue weighted by Gasteiger charge is 2.20. The Bertz CT molecular complexity index is 1000. The lowest BCUT2D eigenvalue weighted by Gasteiger charge is -2.17. The van der Waals surface area contributed by atoms with Crippen molar-refractivity contribution in [3.8, 4) is 0 Å². The SMILES string of the molecule is CC[C@H](Cn1nnc2ccccc2c1=O)NC(=O)c1cc2c(s1)CCC2. The summed E-state index contributed by atoms with van der Waals surface area (Å²) < 4.78 is 1.34. The van der Waals surface area contributed by atoms with Crippen LogP contribution in [0.4, 0.5) is 0 Å². The minimum atomic E-state index is -0.182. The van der Waals surface area contributed by atoms with Crippen molar-refractivity contribution >= 4 is 28.1 Å². The van der Waals surface area contributed by atoms with Gasteiger partial charge in [0.05, 0.1) is 16.8 Å². The lowest BCUT2D eigenvalue weighted by Crippen LogP contribution is -2.40. The fourth-order valence-electron chi connectivity index (χ4n) is 3.33. The summed E-state index contributed by atoms with van der Waals surface area (Å²) in [7, 11) is 0. The van der Waals surface area contributed by atoms with Crippen LogP contribution in [0.3, 0.4) is 0 Å². The van der Waals surface area contributed by atoms with E-state index in [2.05, 4.69) is 15.6 Å². The smallest absolute Gasteiger partial charge is 0.277 e. The van der Waals surface area contributed by atoms with Gasteiger partial charge >= 0.3 is 0 Å². The molecule has 0 fully saturated rings. The zero-order chi connectivity index (χ0) is 18.1. The van der Waals surface area contributed by atoms with Crippen LogP contribution < -0.4 is 10.9 Å². The van der Waals surface area contributed by atoms with Crippen molar-refractivity contribution < 1.29 is 4.79 Å². The first-order valence-corrected chi connectivity index (χ1v) is 9.72. The summed E-state index contributed by atoms with van der Waals surface area (Å²) in [6.45, 7) is 2.29. The van der Waals surface area contributed by atoms with E-state index < -0.39 is 0 Å². The first-order valence-electron chi connectivity index (χ1n) is 8.90. The molecule has 2 aromatic heterocycles. The van der Waals surface area contributed by atoms with Crippen LogP contribution in [-0.4, -0.2) is 26.9 Å². The van der Waals surface area contributed by atoms with Crippen LogP contribution in [0.25, 0.3) is 10.9 Å². The zero-order valence-corrected chi connectivity index (χ0v) is 15.4. The number of hydrogen-bond donors (Lipinski definition) is 1. The van der Waals surface area contributed by atoms with Crippen molar-refractivity contribution in [3.63, 3.8) is 0 Å². The second kappa shape index (κ2) is 6.99. The van der Waals surface area contributed by atoms with Crippen molar-refractivity contribution in [3.05, 3.63) is 56.0 Å². The molecule has 4 rings (SSSR count). The number of amides is 1. The third-order valence-corrected chi connectivity index (χ3v) is 6.06.